The zero-order valence-electron chi connectivity index (χ0n) is 10.2. The Balaban J connectivity index is 1.78. The van der Waals surface area contributed by atoms with Crippen molar-refractivity contribution < 1.29 is 0 Å². The topological polar surface area (TPSA) is 69.6 Å². The minimum absolute atomic E-state index is 0.155. The van der Waals surface area contributed by atoms with Crippen molar-refractivity contribution in [2.45, 2.75) is 12.5 Å². The van der Waals surface area contributed by atoms with Gasteiger partial charge in [-0.3, -0.25) is 4.98 Å². The summed E-state index contributed by atoms with van der Waals surface area (Å²) < 4.78 is 0. The fourth-order valence-electron chi connectivity index (χ4n) is 1.79. The number of aromatic nitrogens is 4. The highest BCUT2D eigenvalue weighted by molar-refractivity contribution is 7.09. The molecule has 0 bridgehead atoms. The van der Waals surface area contributed by atoms with Crippen molar-refractivity contribution in [2.75, 3.05) is 0 Å². The molecule has 0 aliphatic carbocycles. The maximum Gasteiger partial charge on any atom is 0.100 e. The van der Waals surface area contributed by atoms with E-state index in [9.17, 15) is 0 Å². The second-order valence-electron chi connectivity index (χ2n) is 4.17. The Morgan fingerprint density at radius 2 is 2.05 bits per heavy atom. The fraction of sp³-hybridized carbons (Fsp3) is 0.154. The summed E-state index contributed by atoms with van der Waals surface area (Å²) in [5.41, 5.74) is 9.67. The summed E-state index contributed by atoms with van der Waals surface area (Å²) in [5, 5.41) is 8.68. The van der Waals surface area contributed by atoms with E-state index in [0.29, 0.717) is 0 Å². The third-order valence-electron chi connectivity index (χ3n) is 2.78. The Bertz CT molecular complexity index is 632. The van der Waals surface area contributed by atoms with Crippen LogP contribution >= 0.6 is 11.3 Å². The van der Waals surface area contributed by atoms with Gasteiger partial charge in [0.05, 0.1) is 23.4 Å². The lowest BCUT2D eigenvalue weighted by molar-refractivity contribution is 0.670. The quantitative estimate of drug-likeness (QED) is 0.787. The van der Waals surface area contributed by atoms with E-state index >= 15 is 0 Å². The molecule has 0 aliphatic rings. The van der Waals surface area contributed by atoms with E-state index in [1.54, 1.807) is 22.3 Å². The first-order chi connectivity index (χ1) is 9.33. The van der Waals surface area contributed by atoms with Crippen LogP contribution in [0.1, 0.15) is 16.6 Å². The molecule has 5 nitrogen and oxygen atoms in total. The standard InChI is InChI=1S/C13H13N5S/c14-12(6-11-7-15-9-19-11)13-8-16-18(17-13)10-4-2-1-3-5-10/h1-5,7-9,12H,6,14H2. The molecule has 1 aromatic carbocycles. The van der Waals surface area contributed by atoms with Crippen molar-refractivity contribution in [3.63, 3.8) is 0 Å². The smallest absolute Gasteiger partial charge is 0.100 e. The Hall–Kier alpha value is -2.05. The van der Waals surface area contributed by atoms with Gasteiger partial charge in [-0.05, 0) is 12.1 Å². The van der Waals surface area contributed by atoms with Gasteiger partial charge in [0.1, 0.15) is 5.69 Å². The summed E-state index contributed by atoms with van der Waals surface area (Å²) in [5.74, 6) is 0. The van der Waals surface area contributed by atoms with Crippen LogP contribution in [-0.4, -0.2) is 20.0 Å². The monoisotopic (exact) mass is 271 g/mol. The molecule has 1 unspecified atom stereocenters. The molecule has 2 N–H and O–H groups in total. The van der Waals surface area contributed by atoms with Crippen LogP contribution in [0.4, 0.5) is 0 Å². The summed E-state index contributed by atoms with van der Waals surface area (Å²) in [4.78, 5) is 6.80. The molecule has 0 spiro atoms. The number of nitrogens with two attached hydrogens (primary N) is 1. The molecule has 0 fully saturated rings. The molecule has 3 rings (SSSR count). The van der Waals surface area contributed by atoms with E-state index in [-0.39, 0.29) is 6.04 Å². The first kappa shape index (κ1) is 12.0. The predicted octanol–water partition coefficient (Wildman–Crippen LogP) is 1.97. The summed E-state index contributed by atoms with van der Waals surface area (Å²) in [6.07, 6.45) is 4.29. The number of thiazole rings is 1. The van der Waals surface area contributed by atoms with Crippen LogP contribution in [0.25, 0.3) is 5.69 Å². The minimum atomic E-state index is -0.155. The van der Waals surface area contributed by atoms with Gasteiger partial charge in [-0.2, -0.15) is 15.0 Å². The first-order valence-corrected chi connectivity index (χ1v) is 6.81. The first-order valence-electron chi connectivity index (χ1n) is 5.93. The van der Waals surface area contributed by atoms with Gasteiger partial charge in [0.2, 0.25) is 0 Å². The Kier molecular flexibility index (Phi) is 3.35. The third kappa shape index (κ3) is 2.69. The molecule has 1 atom stereocenters. The van der Waals surface area contributed by atoms with Crippen LogP contribution in [0.15, 0.2) is 48.2 Å². The van der Waals surface area contributed by atoms with Crippen LogP contribution in [0.3, 0.4) is 0 Å². The molecule has 0 saturated carbocycles. The Labute approximate surface area is 114 Å². The SMILES string of the molecule is NC(Cc1cncs1)c1cnn(-c2ccccc2)n1. The van der Waals surface area contributed by atoms with Crippen molar-refractivity contribution in [2.24, 2.45) is 5.73 Å². The van der Waals surface area contributed by atoms with Gasteiger partial charge >= 0.3 is 0 Å². The van der Waals surface area contributed by atoms with Crippen molar-refractivity contribution in [1.29, 1.82) is 0 Å². The summed E-state index contributed by atoms with van der Waals surface area (Å²) in [6.45, 7) is 0. The highest BCUT2D eigenvalue weighted by atomic mass is 32.1. The van der Waals surface area contributed by atoms with Crippen LogP contribution in [0.5, 0.6) is 0 Å². The van der Waals surface area contributed by atoms with E-state index < -0.39 is 0 Å². The van der Waals surface area contributed by atoms with E-state index in [4.69, 9.17) is 5.73 Å². The van der Waals surface area contributed by atoms with Gasteiger partial charge < -0.3 is 5.73 Å². The van der Waals surface area contributed by atoms with E-state index in [2.05, 4.69) is 15.2 Å². The molecule has 96 valence electrons. The predicted molar refractivity (Wildman–Crippen MR) is 74.1 cm³/mol. The molecule has 0 aliphatic heterocycles. The molecular formula is C13H13N5S. The molecule has 0 radical (unpaired) electrons. The number of para-hydroxylation sites is 1. The van der Waals surface area contributed by atoms with Crippen molar-refractivity contribution in [1.82, 2.24) is 20.0 Å². The van der Waals surface area contributed by atoms with Gasteiger partial charge in [-0.1, -0.05) is 18.2 Å². The summed E-state index contributed by atoms with van der Waals surface area (Å²) >= 11 is 1.60. The number of nitrogens with zero attached hydrogens (tertiary/aromatic N) is 4. The van der Waals surface area contributed by atoms with Crippen LogP contribution < -0.4 is 5.73 Å². The second kappa shape index (κ2) is 5.29. The zero-order chi connectivity index (χ0) is 13.1. The zero-order valence-corrected chi connectivity index (χ0v) is 11.0. The van der Waals surface area contributed by atoms with Crippen molar-refractivity contribution >= 4 is 11.3 Å². The average molecular weight is 271 g/mol. The van der Waals surface area contributed by atoms with E-state index in [1.165, 1.54) is 0 Å². The molecule has 3 aromatic rings. The minimum Gasteiger partial charge on any atom is -0.322 e. The summed E-state index contributed by atoms with van der Waals surface area (Å²) in [6, 6.07) is 9.63. The van der Waals surface area contributed by atoms with Crippen LogP contribution in [-0.2, 0) is 6.42 Å². The average Bonchev–Trinajstić information content (AvgIpc) is 3.10. The molecule has 2 aromatic heterocycles. The van der Waals surface area contributed by atoms with E-state index in [1.807, 2.05) is 42.0 Å². The van der Waals surface area contributed by atoms with Crippen LogP contribution in [0.2, 0.25) is 0 Å². The van der Waals surface area contributed by atoms with Crippen LogP contribution in [0, 0.1) is 0 Å². The van der Waals surface area contributed by atoms with Gasteiger partial charge in [0.25, 0.3) is 0 Å². The largest absolute Gasteiger partial charge is 0.322 e. The van der Waals surface area contributed by atoms with Gasteiger partial charge in [0, 0.05) is 17.5 Å². The molecule has 2 heterocycles. The van der Waals surface area contributed by atoms with Crippen molar-refractivity contribution in [3.05, 3.63) is 58.8 Å². The van der Waals surface area contributed by atoms with Crippen molar-refractivity contribution in [3.8, 4) is 5.69 Å². The number of hydrogen-bond donors (Lipinski definition) is 1. The second-order valence-corrected chi connectivity index (χ2v) is 5.14. The summed E-state index contributed by atoms with van der Waals surface area (Å²) in [7, 11) is 0. The van der Waals surface area contributed by atoms with Gasteiger partial charge in [0.15, 0.2) is 0 Å². The Morgan fingerprint density at radius 3 is 2.79 bits per heavy atom. The molecular weight excluding hydrogens is 258 g/mol. The van der Waals surface area contributed by atoms with Gasteiger partial charge in [-0.15, -0.1) is 11.3 Å². The Morgan fingerprint density at radius 1 is 1.21 bits per heavy atom. The number of hydrogen-bond acceptors (Lipinski definition) is 5. The normalized spacial score (nSPS) is 12.5. The fourth-order valence-corrected chi connectivity index (χ4v) is 2.45. The lowest BCUT2D eigenvalue weighted by atomic mass is 10.1. The van der Waals surface area contributed by atoms with Gasteiger partial charge in [-0.25, -0.2) is 0 Å². The third-order valence-corrected chi connectivity index (χ3v) is 3.58. The highest BCUT2D eigenvalue weighted by Gasteiger charge is 2.12. The lowest BCUT2D eigenvalue weighted by Gasteiger charge is -2.05. The maximum atomic E-state index is 6.14. The molecule has 0 saturated heterocycles. The molecule has 0 amide bonds. The maximum absolute atomic E-state index is 6.14. The number of benzene rings is 1. The lowest BCUT2D eigenvalue weighted by Crippen LogP contribution is -2.14. The van der Waals surface area contributed by atoms with E-state index in [0.717, 1.165) is 22.7 Å². The highest BCUT2D eigenvalue weighted by Crippen LogP contribution is 2.16. The molecule has 19 heavy (non-hydrogen) atoms. The number of rotatable bonds is 4. The molecule has 6 heteroatoms.